The standard InChI is InChI=1S/C19H31N3O2/c1-15-7-5-6-8-17(15)18(21(2)3)13-20-19(23)22(4)14-16-9-11-24-12-10-16/h5-8,16,18H,9-14H2,1-4H3,(H,20,23). The Morgan fingerprint density at radius 2 is 1.92 bits per heavy atom. The first-order chi connectivity index (χ1) is 11.5. The number of ether oxygens (including phenoxy) is 1. The van der Waals surface area contributed by atoms with Crippen molar-refractivity contribution in [1.29, 1.82) is 0 Å². The first kappa shape index (κ1) is 18.7. The monoisotopic (exact) mass is 333 g/mol. The van der Waals surface area contributed by atoms with E-state index < -0.39 is 0 Å². The SMILES string of the molecule is Cc1ccccc1C(CNC(=O)N(C)CC1CCOCC1)N(C)C. The molecule has 134 valence electrons. The van der Waals surface area contributed by atoms with Gasteiger partial charge in [0.25, 0.3) is 0 Å². The fraction of sp³-hybridized carbons (Fsp3) is 0.632. The molecule has 0 saturated carbocycles. The minimum absolute atomic E-state index is 0.00178. The molecule has 5 heteroatoms. The predicted octanol–water partition coefficient (Wildman–Crippen LogP) is 2.67. The van der Waals surface area contributed by atoms with Crippen LogP contribution in [0.25, 0.3) is 0 Å². The van der Waals surface area contributed by atoms with Crippen molar-refractivity contribution in [1.82, 2.24) is 15.1 Å². The quantitative estimate of drug-likeness (QED) is 0.870. The first-order valence-corrected chi connectivity index (χ1v) is 8.77. The third-order valence-electron chi connectivity index (χ3n) is 4.84. The summed E-state index contributed by atoms with van der Waals surface area (Å²) in [6.07, 6.45) is 2.09. The molecule has 1 aliphatic heterocycles. The van der Waals surface area contributed by atoms with Crippen LogP contribution in [0.4, 0.5) is 4.79 Å². The largest absolute Gasteiger partial charge is 0.381 e. The Labute approximate surface area is 146 Å². The van der Waals surface area contributed by atoms with Crippen LogP contribution < -0.4 is 5.32 Å². The van der Waals surface area contributed by atoms with Crippen LogP contribution in [0.2, 0.25) is 0 Å². The lowest BCUT2D eigenvalue weighted by atomic mass is 10.00. The highest BCUT2D eigenvalue weighted by Crippen LogP contribution is 2.21. The van der Waals surface area contributed by atoms with Crippen LogP contribution in [-0.2, 0) is 4.74 Å². The van der Waals surface area contributed by atoms with Crippen LogP contribution in [-0.4, -0.2) is 63.3 Å². The van der Waals surface area contributed by atoms with Crippen LogP contribution >= 0.6 is 0 Å². The molecule has 1 fully saturated rings. The van der Waals surface area contributed by atoms with Gasteiger partial charge in [-0.15, -0.1) is 0 Å². The van der Waals surface area contributed by atoms with Crippen LogP contribution in [0.5, 0.6) is 0 Å². The Morgan fingerprint density at radius 3 is 2.54 bits per heavy atom. The third kappa shape index (κ3) is 5.21. The fourth-order valence-corrected chi connectivity index (χ4v) is 3.25. The Morgan fingerprint density at radius 1 is 1.25 bits per heavy atom. The number of amides is 2. The summed E-state index contributed by atoms with van der Waals surface area (Å²) in [5.41, 5.74) is 2.51. The number of hydrogen-bond donors (Lipinski definition) is 1. The lowest BCUT2D eigenvalue weighted by Crippen LogP contribution is -2.43. The number of likely N-dealkylation sites (N-methyl/N-ethyl adjacent to an activating group) is 1. The summed E-state index contributed by atoms with van der Waals surface area (Å²) >= 11 is 0. The molecule has 0 radical (unpaired) electrons. The highest BCUT2D eigenvalue weighted by Gasteiger charge is 2.21. The number of carbonyl (C=O) groups is 1. The zero-order valence-corrected chi connectivity index (χ0v) is 15.4. The summed E-state index contributed by atoms with van der Waals surface area (Å²) in [4.78, 5) is 16.4. The number of nitrogens with one attached hydrogen (secondary N) is 1. The van der Waals surface area contributed by atoms with Gasteiger partial charge in [-0.3, -0.25) is 0 Å². The summed E-state index contributed by atoms with van der Waals surface area (Å²) in [7, 11) is 5.98. The zero-order valence-electron chi connectivity index (χ0n) is 15.4. The van der Waals surface area contributed by atoms with E-state index in [-0.39, 0.29) is 12.1 Å². The van der Waals surface area contributed by atoms with Crippen molar-refractivity contribution in [3.8, 4) is 0 Å². The van der Waals surface area contributed by atoms with Crippen LogP contribution in [0.15, 0.2) is 24.3 Å². The second kappa shape index (κ2) is 9.04. The summed E-state index contributed by atoms with van der Waals surface area (Å²) in [5.74, 6) is 0.551. The molecular weight excluding hydrogens is 302 g/mol. The average molecular weight is 333 g/mol. The van der Waals surface area contributed by atoms with Crippen molar-refractivity contribution in [2.45, 2.75) is 25.8 Å². The molecule has 1 aromatic carbocycles. The molecule has 1 aromatic rings. The maximum Gasteiger partial charge on any atom is 0.317 e. The Balaban J connectivity index is 1.89. The van der Waals surface area contributed by atoms with Crippen molar-refractivity contribution in [3.63, 3.8) is 0 Å². The normalized spacial score (nSPS) is 16.9. The first-order valence-electron chi connectivity index (χ1n) is 8.77. The van der Waals surface area contributed by atoms with Gasteiger partial charge in [-0.25, -0.2) is 4.79 Å². The van der Waals surface area contributed by atoms with Gasteiger partial charge >= 0.3 is 6.03 Å². The number of aryl methyl sites for hydroxylation is 1. The van der Waals surface area contributed by atoms with E-state index in [1.165, 1.54) is 11.1 Å². The molecular formula is C19H31N3O2. The van der Waals surface area contributed by atoms with E-state index in [1.807, 2.05) is 13.1 Å². The number of rotatable bonds is 6. The van der Waals surface area contributed by atoms with Gasteiger partial charge in [0.2, 0.25) is 0 Å². The summed E-state index contributed by atoms with van der Waals surface area (Å²) in [6.45, 7) is 5.15. The molecule has 1 N–H and O–H groups in total. The maximum absolute atomic E-state index is 12.4. The predicted molar refractivity (Wildman–Crippen MR) is 97.2 cm³/mol. The molecule has 1 heterocycles. The molecule has 5 nitrogen and oxygen atoms in total. The fourth-order valence-electron chi connectivity index (χ4n) is 3.25. The van der Waals surface area contributed by atoms with Crippen molar-refractivity contribution in [2.75, 3.05) is 47.4 Å². The molecule has 1 unspecified atom stereocenters. The van der Waals surface area contributed by atoms with Gasteiger partial charge in [-0.05, 0) is 50.9 Å². The van der Waals surface area contributed by atoms with E-state index in [2.05, 4.69) is 49.4 Å². The van der Waals surface area contributed by atoms with E-state index >= 15 is 0 Å². The minimum atomic E-state index is 0.00178. The van der Waals surface area contributed by atoms with Gasteiger partial charge < -0.3 is 19.9 Å². The molecule has 0 aromatic heterocycles. The third-order valence-corrected chi connectivity index (χ3v) is 4.84. The number of nitrogens with zero attached hydrogens (tertiary/aromatic N) is 2. The average Bonchev–Trinajstić information content (AvgIpc) is 2.57. The number of hydrogen-bond acceptors (Lipinski definition) is 3. The van der Waals surface area contributed by atoms with E-state index in [1.54, 1.807) is 4.90 Å². The topological polar surface area (TPSA) is 44.8 Å². The second-order valence-corrected chi connectivity index (χ2v) is 6.96. The van der Waals surface area contributed by atoms with E-state index in [0.29, 0.717) is 12.5 Å². The zero-order chi connectivity index (χ0) is 17.5. The summed E-state index contributed by atoms with van der Waals surface area (Å²) in [5, 5.41) is 3.09. The van der Waals surface area contributed by atoms with Gasteiger partial charge in [0.05, 0.1) is 6.04 Å². The minimum Gasteiger partial charge on any atom is -0.381 e. The van der Waals surface area contributed by atoms with Gasteiger partial charge in [0.15, 0.2) is 0 Å². The van der Waals surface area contributed by atoms with E-state index in [9.17, 15) is 4.79 Å². The molecule has 1 atom stereocenters. The molecule has 0 aliphatic carbocycles. The smallest absolute Gasteiger partial charge is 0.317 e. The summed E-state index contributed by atoms with van der Waals surface area (Å²) in [6, 6.07) is 8.53. The van der Waals surface area contributed by atoms with Crippen molar-refractivity contribution in [3.05, 3.63) is 35.4 Å². The maximum atomic E-state index is 12.4. The number of carbonyl (C=O) groups excluding carboxylic acids is 1. The van der Waals surface area contributed by atoms with Crippen molar-refractivity contribution < 1.29 is 9.53 Å². The van der Waals surface area contributed by atoms with E-state index in [4.69, 9.17) is 4.74 Å². The summed E-state index contributed by atoms with van der Waals surface area (Å²) < 4.78 is 5.38. The lowest BCUT2D eigenvalue weighted by Gasteiger charge is -2.30. The molecule has 0 spiro atoms. The Bertz CT molecular complexity index is 527. The molecule has 24 heavy (non-hydrogen) atoms. The van der Waals surface area contributed by atoms with Crippen molar-refractivity contribution in [2.24, 2.45) is 5.92 Å². The molecule has 0 bridgehead atoms. The van der Waals surface area contributed by atoms with Crippen LogP contribution in [0.3, 0.4) is 0 Å². The van der Waals surface area contributed by atoms with Gasteiger partial charge in [-0.2, -0.15) is 0 Å². The highest BCUT2D eigenvalue weighted by atomic mass is 16.5. The number of urea groups is 1. The van der Waals surface area contributed by atoms with Gasteiger partial charge in [-0.1, -0.05) is 24.3 Å². The molecule has 2 amide bonds. The molecule has 1 saturated heterocycles. The molecule has 1 aliphatic rings. The second-order valence-electron chi connectivity index (χ2n) is 6.96. The van der Waals surface area contributed by atoms with Crippen LogP contribution in [0, 0.1) is 12.8 Å². The van der Waals surface area contributed by atoms with Crippen LogP contribution in [0.1, 0.15) is 30.0 Å². The number of benzene rings is 1. The molecule has 2 rings (SSSR count). The van der Waals surface area contributed by atoms with E-state index in [0.717, 1.165) is 32.6 Å². The van der Waals surface area contributed by atoms with Gasteiger partial charge in [0, 0.05) is 33.4 Å². The van der Waals surface area contributed by atoms with Gasteiger partial charge in [0.1, 0.15) is 0 Å². The van der Waals surface area contributed by atoms with Crippen molar-refractivity contribution >= 4 is 6.03 Å². The highest BCUT2D eigenvalue weighted by molar-refractivity contribution is 5.73. The lowest BCUT2D eigenvalue weighted by molar-refractivity contribution is 0.0585. The Kier molecular flexibility index (Phi) is 7.06. The Hall–Kier alpha value is -1.59.